The van der Waals surface area contributed by atoms with Crippen molar-refractivity contribution in [3.05, 3.63) is 32.3 Å². The Bertz CT molecular complexity index is 372. The first-order valence-electron chi connectivity index (χ1n) is 3.39. The zero-order valence-electron chi connectivity index (χ0n) is 6.67. The molecule has 1 rings (SSSR count). The predicted molar refractivity (Wildman–Crippen MR) is 49.7 cm³/mol. The first-order chi connectivity index (χ1) is 6.57. The average Bonchev–Trinajstić information content (AvgIpc) is 2.11. The van der Waals surface area contributed by atoms with Crippen LogP contribution in [0.25, 0.3) is 0 Å². The Morgan fingerprint density at radius 2 is 2.00 bits per heavy atom. The van der Waals surface area contributed by atoms with Gasteiger partial charge in [0.2, 0.25) is 12.6 Å². The lowest BCUT2D eigenvalue weighted by molar-refractivity contribution is -0.385. The van der Waals surface area contributed by atoms with E-state index in [1.807, 2.05) is 0 Å². The summed E-state index contributed by atoms with van der Waals surface area (Å²) >= 11 is 11.1. The number of hydrogen-bond donors (Lipinski definition) is 0. The van der Waals surface area contributed by atoms with E-state index in [1.54, 1.807) is 0 Å². The van der Waals surface area contributed by atoms with Gasteiger partial charge in [0.1, 0.15) is 5.02 Å². The van der Waals surface area contributed by atoms with Gasteiger partial charge in [0.05, 0.1) is 9.95 Å². The molecule has 0 saturated carbocycles. The fraction of sp³-hybridized carbons (Fsp3) is 0.143. The van der Waals surface area contributed by atoms with Crippen LogP contribution in [0.3, 0.4) is 0 Å². The highest BCUT2D eigenvalue weighted by Gasteiger charge is 2.23. The van der Waals surface area contributed by atoms with E-state index >= 15 is 0 Å². The van der Waals surface area contributed by atoms with E-state index in [0.29, 0.717) is 0 Å². The zero-order chi connectivity index (χ0) is 10.7. The van der Waals surface area contributed by atoms with Crippen LogP contribution in [-0.4, -0.2) is 11.8 Å². The number of nitro benzene ring substituents is 1. The third-order valence-electron chi connectivity index (χ3n) is 1.42. The van der Waals surface area contributed by atoms with Crippen molar-refractivity contribution in [3.63, 3.8) is 0 Å². The van der Waals surface area contributed by atoms with E-state index in [-0.39, 0.29) is 15.8 Å². The summed E-state index contributed by atoms with van der Waals surface area (Å²) in [5.41, 5.74) is -0.531. The Morgan fingerprint density at radius 3 is 2.50 bits per heavy atom. The first-order valence-corrected chi connectivity index (χ1v) is 4.14. The molecule has 0 amide bonds. The molecule has 1 aromatic carbocycles. The van der Waals surface area contributed by atoms with Gasteiger partial charge >= 0.3 is 5.69 Å². The van der Waals surface area contributed by atoms with E-state index in [0.717, 1.165) is 0 Å². The molecule has 14 heavy (non-hydrogen) atoms. The van der Waals surface area contributed by atoms with Crippen molar-refractivity contribution in [2.75, 3.05) is 6.86 Å². The summed E-state index contributed by atoms with van der Waals surface area (Å²) in [4.78, 5) is 9.75. The van der Waals surface area contributed by atoms with Gasteiger partial charge in [-0.05, 0) is 12.1 Å². The number of nitrogens with zero attached hydrogens (tertiary/aromatic N) is 1. The van der Waals surface area contributed by atoms with Crippen LogP contribution in [0.4, 0.5) is 10.1 Å². The molecular formula is C7H4Cl2FNO3. The molecule has 0 aromatic heterocycles. The zero-order valence-corrected chi connectivity index (χ0v) is 8.18. The molecule has 4 nitrogen and oxygen atoms in total. The van der Waals surface area contributed by atoms with E-state index < -0.39 is 17.5 Å². The maximum atomic E-state index is 11.9. The van der Waals surface area contributed by atoms with Gasteiger partial charge in [-0.15, -0.1) is 0 Å². The van der Waals surface area contributed by atoms with Crippen LogP contribution in [0.15, 0.2) is 12.1 Å². The van der Waals surface area contributed by atoms with E-state index in [4.69, 9.17) is 23.2 Å². The van der Waals surface area contributed by atoms with Gasteiger partial charge < -0.3 is 4.74 Å². The molecule has 0 saturated heterocycles. The number of benzene rings is 1. The maximum absolute atomic E-state index is 11.9. The number of hydrogen-bond acceptors (Lipinski definition) is 3. The summed E-state index contributed by atoms with van der Waals surface area (Å²) in [7, 11) is 0. The number of ether oxygens (including phenoxy) is 1. The predicted octanol–water partition coefficient (Wildman–Crippen LogP) is 3.21. The van der Waals surface area contributed by atoms with E-state index in [2.05, 4.69) is 4.74 Å². The van der Waals surface area contributed by atoms with Gasteiger partial charge in [0.15, 0.2) is 0 Å². The number of alkyl halides is 1. The smallest absolute Gasteiger partial charge is 0.331 e. The first kappa shape index (κ1) is 11.0. The summed E-state index contributed by atoms with van der Waals surface area (Å²) in [6, 6.07) is 2.54. The highest BCUT2D eigenvalue weighted by Crippen LogP contribution is 2.40. The molecule has 0 atom stereocenters. The quantitative estimate of drug-likeness (QED) is 0.602. The Labute approximate surface area is 88.3 Å². The van der Waals surface area contributed by atoms with Crippen molar-refractivity contribution in [1.82, 2.24) is 0 Å². The number of halogens is 3. The largest absolute Gasteiger partial charge is 0.454 e. The molecular weight excluding hydrogens is 236 g/mol. The Morgan fingerprint density at radius 1 is 1.43 bits per heavy atom. The summed E-state index contributed by atoms with van der Waals surface area (Å²) in [5.74, 6) is -0.355. The summed E-state index contributed by atoms with van der Waals surface area (Å²) in [6.45, 7) is -1.21. The highest BCUT2D eigenvalue weighted by molar-refractivity contribution is 6.36. The second kappa shape index (κ2) is 4.43. The van der Waals surface area contributed by atoms with Crippen LogP contribution >= 0.6 is 23.2 Å². The van der Waals surface area contributed by atoms with Gasteiger partial charge in [0, 0.05) is 0 Å². The molecule has 0 bridgehead atoms. The molecule has 7 heteroatoms. The van der Waals surface area contributed by atoms with Crippen molar-refractivity contribution in [2.24, 2.45) is 0 Å². The lowest BCUT2D eigenvalue weighted by Gasteiger charge is -2.05. The SMILES string of the molecule is O=[N+]([O-])c1c(Cl)ccc(Cl)c1OCF. The fourth-order valence-electron chi connectivity index (χ4n) is 0.884. The van der Waals surface area contributed by atoms with Crippen molar-refractivity contribution in [2.45, 2.75) is 0 Å². The van der Waals surface area contributed by atoms with Gasteiger partial charge in [-0.3, -0.25) is 10.1 Å². The third kappa shape index (κ3) is 2.05. The molecule has 76 valence electrons. The van der Waals surface area contributed by atoms with Crippen LogP contribution in [0, 0.1) is 10.1 Å². The molecule has 0 N–H and O–H groups in total. The Kier molecular flexibility index (Phi) is 3.49. The second-order valence-corrected chi connectivity index (χ2v) is 3.03. The minimum absolute atomic E-state index is 0.0567. The van der Waals surface area contributed by atoms with Crippen molar-refractivity contribution < 1.29 is 14.1 Å². The molecule has 1 aromatic rings. The number of rotatable bonds is 3. The molecule has 0 unspecified atom stereocenters. The molecule has 0 aliphatic heterocycles. The molecule has 0 heterocycles. The second-order valence-electron chi connectivity index (χ2n) is 2.22. The summed E-state index contributed by atoms with van der Waals surface area (Å²) in [6.07, 6.45) is 0. The van der Waals surface area contributed by atoms with Crippen LogP contribution in [0.2, 0.25) is 10.0 Å². The van der Waals surface area contributed by atoms with Gasteiger partial charge in [-0.2, -0.15) is 0 Å². The number of nitro groups is 1. The van der Waals surface area contributed by atoms with Crippen LogP contribution in [0.1, 0.15) is 0 Å². The van der Waals surface area contributed by atoms with Crippen molar-refractivity contribution in [1.29, 1.82) is 0 Å². The molecule has 0 fully saturated rings. The van der Waals surface area contributed by atoms with Crippen LogP contribution in [0.5, 0.6) is 5.75 Å². The summed E-state index contributed by atoms with van der Waals surface area (Å²) in [5, 5.41) is 10.3. The van der Waals surface area contributed by atoms with Crippen molar-refractivity contribution >= 4 is 28.9 Å². The van der Waals surface area contributed by atoms with Crippen LogP contribution in [-0.2, 0) is 0 Å². The van der Waals surface area contributed by atoms with E-state index in [1.165, 1.54) is 12.1 Å². The average molecular weight is 240 g/mol. The standard InChI is InChI=1S/C7H4Cl2FNO3/c8-4-1-2-5(9)7(14-3-10)6(4)11(12)13/h1-2H,3H2. The molecule has 0 aliphatic rings. The molecule has 0 aliphatic carbocycles. The Hall–Kier alpha value is -1.07. The normalized spacial score (nSPS) is 9.93. The minimum atomic E-state index is -1.21. The lowest BCUT2D eigenvalue weighted by atomic mass is 10.3. The van der Waals surface area contributed by atoms with E-state index in [9.17, 15) is 14.5 Å². The maximum Gasteiger partial charge on any atom is 0.331 e. The third-order valence-corrected chi connectivity index (χ3v) is 2.02. The van der Waals surface area contributed by atoms with Crippen LogP contribution < -0.4 is 4.74 Å². The highest BCUT2D eigenvalue weighted by atomic mass is 35.5. The van der Waals surface area contributed by atoms with Gasteiger partial charge in [-0.1, -0.05) is 23.2 Å². The van der Waals surface area contributed by atoms with Crippen molar-refractivity contribution in [3.8, 4) is 5.75 Å². The molecule has 0 radical (unpaired) electrons. The molecule has 0 spiro atoms. The lowest BCUT2D eigenvalue weighted by Crippen LogP contribution is -1.98. The fourth-order valence-corrected chi connectivity index (χ4v) is 1.31. The topological polar surface area (TPSA) is 52.4 Å². The minimum Gasteiger partial charge on any atom is -0.454 e. The Balaban J connectivity index is 3.33. The van der Waals surface area contributed by atoms with Gasteiger partial charge in [0.25, 0.3) is 0 Å². The summed E-state index contributed by atoms with van der Waals surface area (Å²) < 4.78 is 16.3. The monoisotopic (exact) mass is 239 g/mol. The van der Waals surface area contributed by atoms with Gasteiger partial charge in [-0.25, -0.2) is 4.39 Å².